The maximum Gasteiger partial charge on any atom is 0.219 e. The van der Waals surface area contributed by atoms with Crippen molar-refractivity contribution >= 4 is 17.4 Å². The van der Waals surface area contributed by atoms with Gasteiger partial charge in [-0.05, 0) is 26.3 Å². The summed E-state index contributed by atoms with van der Waals surface area (Å²) >= 11 is 0. The van der Waals surface area contributed by atoms with Crippen molar-refractivity contribution in [3.05, 3.63) is 35.4 Å². The van der Waals surface area contributed by atoms with Gasteiger partial charge >= 0.3 is 0 Å². The number of fused-ring (bicyclic) bond motifs is 1. The number of amides is 1. The standard InChI is InChI=1S/C20H25N5O2/c1-5-16-13(2)21-19-12-18(17-6-11-27-14(17)3)22-25(19)20(16)24-9-7-23(8-10-24)15(4)26/h6,11-12H,5,7-10H2,1-4H3. The Bertz CT molecular complexity index is 995. The number of hydrogen-bond donors (Lipinski definition) is 0. The lowest BCUT2D eigenvalue weighted by molar-refractivity contribution is -0.129. The zero-order chi connectivity index (χ0) is 19.1. The zero-order valence-corrected chi connectivity index (χ0v) is 16.3. The van der Waals surface area contributed by atoms with Crippen molar-refractivity contribution < 1.29 is 9.21 Å². The van der Waals surface area contributed by atoms with Gasteiger partial charge in [-0.3, -0.25) is 4.79 Å². The summed E-state index contributed by atoms with van der Waals surface area (Å²) in [5.74, 6) is 2.08. The van der Waals surface area contributed by atoms with E-state index < -0.39 is 0 Å². The van der Waals surface area contributed by atoms with Gasteiger partial charge in [-0.2, -0.15) is 9.61 Å². The van der Waals surface area contributed by atoms with E-state index in [0.29, 0.717) is 0 Å². The second-order valence-electron chi connectivity index (χ2n) is 7.04. The SMILES string of the molecule is CCc1c(C)nc2cc(-c3ccoc3C)nn2c1N1CCN(C(C)=O)CC1. The summed E-state index contributed by atoms with van der Waals surface area (Å²) in [6, 6.07) is 3.95. The van der Waals surface area contributed by atoms with Crippen LogP contribution in [0.3, 0.4) is 0 Å². The minimum Gasteiger partial charge on any atom is -0.469 e. The van der Waals surface area contributed by atoms with Gasteiger partial charge in [-0.15, -0.1) is 0 Å². The molecule has 0 atom stereocenters. The van der Waals surface area contributed by atoms with Crippen LogP contribution in [-0.2, 0) is 11.2 Å². The summed E-state index contributed by atoms with van der Waals surface area (Å²) in [4.78, 5) is 20.7. The van der Waals surface area contributed by atoms with Crippen molar-refractivity contribution in [2.45, 2.75) is 34.1 Å². The van der Waals surface area contributed by atoms with Gasteiger partial charge in [0.15, 0.2) is 5.65 Å². The van der Waals surface area contributed by atoms with Crippen molar-refractivity contribution in [2.24, 2.45) is 0 Å². The van der Waals surface area contributed by atoms with E-state index in [2.05, 4.69) is 18.7 Å². The molecule has 1 aliphatic heterocycles. The highest BCUT2D eigenvalue weighted by molar-refractivity contribution is 5.74. The van der Waals surface area contributed by atoms with Crippen LogP contribution in [0, 0.1) is 13.8 Å². The van der Waals surface area contributed by atoms with Gasteiger partial charge in [-0.1, -0.05) is 6.92 Å². The molecule has 1 aliphatic rings. The minimum absolute atomic E-state index is 0.137. The first kappa shape index (κ1) is 17.6. The molecule has 1 fully saturated rings. The first-order chi connectivity index (χ1) is 13.0. The third-order valence-electron chi connectivity index (χ3n) is 5.39. The molecule has 0 aliphatic carbocycles. The average molecular weight is 367 g/mol. The van der Waals surface area contributed by atoms with Gasteiger partial charge in [0.1, 0.15) is 11.6 Å². The lowest BCUT2D eigenvalue weighted by atomic mass is 10.1. The molecule has 3 aromatic heterocycles. The average Bonchev–Trinajstić information content (AvgIpc) is 3.26. The van der Waals surface area contributed by atoms with Crippen LogP contribution in [0.25, 0.3) is 16.9 Å². The molecular formula is C20H25N5O2. The van der Waals surface area contributed by atoms with E-state index in [1.54, 1.807) is 13.2 Å². The molecule has 1 amide bonds. The smallest absolute Gasteiger partial charge is 0.219 e. The van der Waals surface area contributed by atoms with E-state index in [4.69, 9.17) is 14.5 Å². The monoisotopic (exact) mass is 367 g/mol. The van der Waals surface area contributed by atoms with Crippen LogP contribution < -0.4 is 4.90 Å². The molecule has 0 radical (unpaired) electrons. The van der Waals surface area contributed by atoms with E-state index in [1.165, 1.54) is 5.56 Å². The lowest BCUT2D eigenvalue weighted by Crippen LogP contribution is -2.49. The predicted octanol–water partition coefficient (Wildman–Crippen LogP) is 2.84. The molecule has 0 spiro atoms. The summed E-state index contributed by atoms with van der Waals surface area (Å²) in [6.07, 6.45) is 2.57. The first-order valence-corrected chi connectivity index (χ1v) is 9.43. The zero-order valence-electron chi connectivity index (χ0n) is 16.3. The Hall–Kier alpha value is -2.83. The second-order valence-corrected chi connectivity index (χ2v) is 7.04. The van der Waals surface area contributed by atoms with Crippen molar-refractivity contribution in [1.29, 1.82) is 0 Å². The van der Waals surface area contributed by atoms with Gasteiger partial charge < -0.3 is 14.2 Å². The van der Waals surface area contributed by atoms with Gasteiger partial charge in [0.05, 0.1) is 12.0 Å². The summed E-state index contributed by atoms with van der Waals surface area (Å²) in [5.41, 5.74) is 4.93. The van der Waals surface area contributed by atoms with Gasteiger partial charge in [0.2, 0.25) is 5.91 Å². The van der Waals surface area contributed by atoms with Crippen LogP contribution >= 0.6 is 0 Å². The van der Waals surface area contributed by atoms with Crippen LogP contribution in [-0.4, -0.2) is 51.6 Å². The number of carbonyl (C=O) groups excluding carboxylic acids is 1. The number of rotatable bonds is 3. The summed E-state index contributed by atoms with van der Waals surface area (Å²) in [5, 5.41) is 4.87. The number of piperazine rings is 1. The Morgan fingerprint density at radius 1 is 1.22 bits per heavy atom. The van der Waals surface area contributed by atoms with E-state index in [1.807, 2.05) is 28.5 Å². The van der Waals surface area contributed by atoms with Gasteiger partial charge in [0, 0.05) is 56.0 Å². The van der Waals surface area contributed by atoms with Crippen LogP contribution in [0.5, 0.6) is 0 Å². The molecule has 0 unspecified atom stereocenters. The quantitative estimate of drug-likeness (QED) is 0.712. The number of hydrogen-bond acceptors (Lipinski definition) is 5. The molecule has 0 N–H and O–H groups in total. The lowest BCUT2D eigenvalue weighted by Gasteiger charge is -2.36. The second kappa shape index (κ2) is 6.72. The van der Waals surface area contributed by atoms with Crippen molar-refractivity contribution in [3.8, 4) is 11.3 Å². The first-order valence-electron chi connectivity index (χ1n) is 9.43. The van der Waals surface area contributed by atoms with E-state index in [0.717, 1.165) is 66.8 Å². The summed E-state index contributed by atoms with van der Waals surface area (Å²) < 4.78 is 7.40. The Balaban J connectivity index is 1.81. The molecule has 0 saturated carbocycles. The number of nitrogens with zero attached hydrogens (tertiary/aromatic N) is 5. The minimum atomic E-state index is 0.137. The number of aryl methyl sites for hydroxylation is 2. The fourth-order valence-electron chi connectivity index (χ4n) is 3.89. The van der Waals surface area contributed by atoms with Crippen molar-refractivity contribution in [1.82, 2.24) is 19.5 Å². The predicted molar refractivity (Wildman–Crippen MR) is 104 cm³/mol. The Morgan fingerprint density at radius 2 is 1.96 bits per heavy atom. The van der Waals surface area contributed by atoms with Crippen LogP contribution in [0.1, 0.15) is 30.9 Å². The highest BCUT2D eigenvalue weighted by Crippen LogP contribution is 2.30. The molecule has 142 valence electrons. The van der Waals surface area contributed by atoms with E-state index >= 15 is 0 Å². The maximum atomic E-state index is 11.7. The Morgan fingerprint density at radius 3 is 2.56 bits per heavy atom. The molecule has 7 nitrogen and oxygen atoms in total. The van der Waals surface area contributed by atoms with Gasteiger partial charge in [0.25, 0.3) is 0 Å². The fourth-order valence-corrected chi connectivity index (χ4v) is 3.89. The maximum absolute atomic E-state index is 11.7. The molecule has 27 heavy (non-hydrogen) atoms. The van der Waals surface area contributed by atoms with Gasteiger partial charge in [-0.25, -0.2) is 4.98 Å². The van der Waals surface area contributed by atoms with E-state index in [9.17, 15) is 4.79 Å². The molecule has 7 heteroatoms. The molecular weight excluding hydrogens is 342 g/mol. The van der Waals surface area contributed by atoms with Crippen LogP contribution in [0.15, 0.2) is 22.8 Å². The highest BCUT2D eigenvalue weighted by Gasteiger charge is 2.25. The van der Waals surface area contributed by atoms with Crippen molar-refractivity contribution in [2.75, 3.05) is 31.1 Å². The molecule has 4 heterocycles. The fraction of sp³-hybridized carbons (Fsp3) is 0.450. The van der Waals surface area contributed by atoms with E-state index in [-0.39, 0.29) is 5.91 Å². The van der Waals surface area contributed by atoms with Crippen LogP contribution in [0.2, 0.25) is 0 Å². The number of carbonyl (C=O) groups is 1. The summed E-state index contributed by atoms with van der Waals surface area (Å²) in [6.45, 7) is 10.8. The van der Waals surface area contributed by atoms with Crippen molar-refractivity contribution in [3.63, 3.8) is 0 Å². The van der Waals surface area contributed by atoms with Crippen LogP contribution in [0.4, 0.5) is 5.82 Å². The number of anilines is 1. The third-order valence-corrected chi connectivity index (χ3v) is 5.39. The molecule has 3 aromatic rings. The topological polar surface area (TPSA) is 66.9 Å². The molecule has 4 rings (SSSR count). The summed E-state index contributed by atoms with van der Waals surface area (Å²) in [7, 11) is 0. The third kappa shape index (κ3) is 2.97. The normalized spacial score (nSPS) is 15.0. The highest BCUT2D eigenvalue weighted by atomic mass is 16.3. The molecule has 0 bridgehead atoms. The molecule has 1 saturated heterocycles. The number of furan rings is 1. The Kier molecular flexibility index (Phi) is 4.37. The molecule has 0 aromatic carbocycles. The number of aromatic nitrogens is 3. The Labute approximate surface area is 158 Å². The largest absolute Gasteiger partial charge is 0.469 e.